The minimum Gasteiger partial charge on any atom is -0.477 e. The second-order valence-electron chi connectivity index (χ2n) is 8.22. The molecule has 2 atom stereocenters. The molecule has 160 valence electrons. The van der Waals surface area contributed by atoms with Gasteiger partial charge >= 0.3 is 6.03 Å². The first-order valence-electron chi connectivity index (χ1n) is 10.7. The predicted molar refractivity (Wildman–Crippen MR) is 118 cm³/mol. The predicted octanol–water partition coefficient (Wildman–Crippen LogP) is 3.85. The van der Waals surface area contributed by atoms with Gasteiger partial charge in [0.1, 0.15) is 5.82 Å². The number of para-hydroxylation sites is 1. The average molecular weight is 418 g/mol. The minimum atomic E-state index is -0.630. The van der Waals surface area contributed by atoms with Gasteiger partial charge in [0.05, 0.1) is 30.0 Å². The summed E-state index contributed by atoms with van der Waals surface area (Å²) in [5, 5.41) is 21.5. The molecule has 0 unspecified atom stereocenters. The van der Waals surface area contributed by atoms with Crippen LogP contribution in [0.4, 0.5) is 10.6 Å². The SMILES string of the molecule is CCOc1nn(-c2ccccc2)c(NC(=O)N[C@@H]2c3ccccc3C3(CC3)[C@H]2O)c1C. The molecule has 31 heavy (non-hydrogen) atoms. The van der Waals surface area contributed by atoms with Gasteiger partial charge in [0.2, 0.25) is 5.88 Å². The van der Waals surface area contributed by atoms with Crippen molar-refractivity contribution in [2.45, 2.75) is 44.2 Å². The maximum atomic E-state index is 13.0. The molecule has 2 amide bonds. The van der Waals surface area contributed by atoms with Crippen molar-refractivity contribution in [2.24, 2.45) is 0 Å². The van der Waals surface area contributed by atoms with Crippen molar-refractivity contribution >= 4 is 11.8 Å². The number of aliphatic hydroxyl groups excluding tert-OH is 1. The second-order valence-corrected chi connectivity index (χ2v) is 8.22. The second kappa shape index (κ2) is 7.42. The van der Waals surface area contributed by atoms with E-state index in [1.165, 1.54) is 0 Å². The van der Waals surface area contributed by atoms with E-state index in [0.717, 1.165) is 35.2 Å². The van der Waals surface area contributed by atoms with E-state index in [0.29, 0.717) is 18.3 Å². The molecule has 1 spiro atoms. The quantitative estimate of drug-likeness (QED) is 0.587. The first kappa shape index (κ1) is 19.6. The highest BCUT2D eigenvalue weighted by Crippen LogP contribution is 2.59. The van der Waals surface area contributed by atoms with Gasteiger partial charge in [0, 0.05) is 5.41 Å². The maximum absolute atomic E-state index is 13.0. The number of nitrogens with zero attached hydrogens (tertiary/aromatic N) is 2. The van der Waals surface area contributed by atoms with Crippen molar-refractivity contribution in [3.8, 4) is 11.6 Å². The lowest BCUT2D eigenvalue weighted by atomic mass is 9.97. The zero-order valence-corrected chi connectivity index (χ0v) is 17.6. The van der Waals surface area contributed by atoms with Gasteiger partial charge in [-0.3, -0.25) is 5.32 Å². The monoisotopic (exact) mass is 418 g/mol. The van der Waals surface area contributed by atoms with Gasteiger partial charge in [-0.15, -0.1) is 5.10 Å². The van der Waals surface area contributed by atoms with Crippen LogP contribution in [-0.4, -0.2) is 33.6 Å². The minimum absolute atomic E-state index is 0.210. The highest BCUT2D eigenvalue weighted by atomic mass is 16.5. The molecule has 0 saturated heterocycles. The van der Waals surface area contributed by atoms with Crippen LogP contribution in [0.2, 0.25) is 0 Å². The van der Waals surface area contributed by atoms with Crippen molar-refractivity contribution in [3.05, 3.63) is 71.3 Å². The lowest BCUT2D eigenvalue weighted by Gasteiger charge is -2.21. The number of aliphatic hydroxyl groups is 1. The van der Waals surface area contributed by atoms with Crippen LogP contribution in [0, 0.1) is 6.92 Å². The molecule has 1 heterocycles. The number of benzene rings is 2. The van der Waals surface area contributed by atoms with Crippen LogP contribution in [0.15, 0.2) is 54.6 Å². The third-order valence-electron chi connectivity index (χ3n) is 6.38. The number of fused-ring (bicyclic) bond motifs is 2. The molecular weight excluding hydrogens is 392 g/mol. The van der Waals surface area contributed by atoms with Gasteiger partial charge in [-0.05, 0) is 49.9 Å². The Balaban J connectivity index is 1.42. The van der Waals surface area contributed by atoms with E-state index >= 15 is 0 Å². The third kappa shape index (κ3) is 3.16. The summed E-state index contributed by atoms with van der Waals surface area (Å²) in [6.07, 6.45) is 1.26. The summed E-state index contributed by atoms with van der Waals surface area (Å²) in [6.45, 7) is 4.24. The Morgan fingerprint density at radius 2 is 1.90 bits per heavy atom. The topological polar surface area (TPSA) is 88.4 Å². The first-order chi connectivity index (χ1) is 15.0. The van der Waals surface area contributed by atoms with Gasteiger partial charge in [-0.25, -0.2) is 9.48 Å². The Morgan fingerprint density at radius 1 is 1.19 bits per heavy atom. The van der Waals surface area contributed by atoms with E-state index in [2.05, 4.69) is 21.8 Å². The number of carbonyl (C=O) groups excluding carboxylic acids is 1. The number of hydrogen-bond donors (Lipinski definition) is 3. The number of carbonyl (C=O) groups is 1. The average Bonchev–Trinajstić information content (AvgIpc) is 3.50. The number of amides is 2. The lowest BCUT2D eigenvalue weighted by Crippen LogP contribution is -2.39. The summed E-state index contributed by atoms with van der Waals surface area (Å²) >= 11 is 0. The summed E-state index contributed by atoms with van der Waals surface area (Å²) in [5.74, 6) is 1.01. The van der Waals surface area contributed by atoms with Gasteiger partial charge < -0.3 is 15.2 Å². The Labute approximate surface area is 181 Å². The Bertz CT molecular complexity index is 1120. The Morgan fingerprint density at radius 3 is 2.61 bits per heavy atom. The molecule has 1 aromatic heterocycles. The lowest BCUT2D eigenvalue weighted by molar-refractivity contribution is 0.109. The van der Waals surface area contributed by atoms with Gasteiger partial charge in [-0.2, -0.15) is 0 Å². The molecule has 3 aromatic rings. The molecule has 1 saturated carbocycles. The number of urea groups is 1. The van der Waals surface area contributed by atoms with Gasteiger partial charge in [-0.1, -0.05) is 42.5 Å². The summed E-state index contributed by atoms with van der Waals surface area (Å²) in [7, 11) is 0. The molecule has 3 N–H and O–H groups in total. The molecule has 2 aliphatic rings. The zero-order chi connectivity index (χ0) is 21.6. The number of anilines is 1. The third-order valence-corrected chi connectivity index (χ3v) is 6.38. The largest absolute Gasteiger partial charge is 0.477 e. The van der Waals surface area contributed by atoms with Crippen molar-refractivity contribution in [2.75, 3.05) is 11.9 Å². The number of hydrogen-bond acceptors (Lipinski definition) is 4. The molecule has 7 heteroatoms. The fourth-order valence-electron chi connectivity index (χ4n) is 4.66. The van der Waals surface area contributed by atoms with Crippen molar-refractivity contribution < 1.29 is 14.6 Å². The summed E-state index contributed by atoms with van der Waals surface area (Å²) in [4.78, 5) is 13.0. The number of aromatic nitrogens is 2. The normalized spacial score (nSPS) is 20.4. The smallest absolute Gasteiger partial charge is 0.320 e. The highest BCUT2D eigenvalue weighted by molar-refractivity contribution is 5.90. The fraction of sp³-hybridized carbons (Fsp3) is 0.333. The van der Waals surface area contributed by atoms with Crippen molar-refractivity contribution in [1.82, 2.24) is 15.1 Å². The van der Waals surface area contributed by atoms with Gasteiger partial charge in [0.15, 0.2) is 0 Å². The maximum Gasteiger partial charge on any atom is 0.320 e. The molecule has 2 aliphatic carbocycles. The van der Waals surface area contributed by atoms with E-state index < -0.39 is 12.1 Å². The molecule has 0 radical (unpaired) electrons. The number of rotatable bonds is 5. The fourth-order valence-corrected chi connectivity index (χ4v) is 4.66. The summed E-state index contributed by atoms with van der Waals surface area (Å²) < 4.78 is 7.32. The van der Waals surface area contributed by atoms with Crippen LogP contribution in [0.25, 0.3) is 5.69 Å². The molecule has 7 nitrogen and oxygen atoms in total. The van der Waals surface area contributed by atoms with Crippen LogP contribution in [0.3, 0.4) is 0 Å². The molecule has 0 bridgehead atoms. The van der Waals surface area contributed by atoms with Crippen LogP contribution in [-0.2, 0) is 5.41 Å². The standard InChI is InChI=1S/C24H26N4O3/c1-3-31-22-15(2)21(28(27-22)16-9-5-4-6-10-16)26-23(30)25-19-17-11-7-8-12-18(17)24(13-14-24)20(19)29/h4-12,19-20,29H,3,13-14H2,1-2H3,(H2,25,26,30)/t19-,20+/m1/s1. The summed E-state index contributed by atoms with van der Waals surface area (Å²) in [6, 6.07) is 16.7. The van der Waals surface area contributed by atoms with Crippen LogP contribution in [0.5, 0.6) is 5.88 Å². The van der Waals surface area contributed by atoms with Gasteiger partial charge in [0.25, 0.3) is 0 Å². The Kier molecular flexibility index (Phi) is 4.70. The first-order valence-corrected chi connectivity index (χ1v) is 10.7. The zero-order valence-electron chi connectivity index (χ0n) is 17.6. The molecule has 2 aromatic carbocycles. The van der Waals surface area contributed by atoms with E-state index in [9.17, 15) is 9.90 Å². The molecular formula is C24H26N4O3. The highest BCUT2D eigenvalue weighted by Gasteiger charge is 2.59. The van der Waals surface area contributed by atoms with E-state index in [1.807, 2.05) is 62.4 Å². The van der Waals surface area contributed by atoms with Crippen LogP contribution >= 0.6 is 0 Å². The Hall–Kier alpha value is -3.32. The van der Waals surface area contributed by atoms with E-state index in [-0.39, 0.29) is 11.4 Å². The van der Waals surface area contributed by atoms with Crippen molar-refractivity contribution in [1.29, 1.82) is 0 Å². The van der Waals surface area contributed by atoms with Crippen LogP contribution in [0.1, 0.15) is 42.5 Å². The summed E-state index contributed by atoms with van der Waals surface area (Å²) in [5.41, 5.74) is 3.49. The number of nitrogens with one attached hydrogen (secondary N) is 2. The molecule has 5 rings (SSSR count). The van der Waals surface area contributed by atoms with Crippen LogP contribution < -0.4 is 15.4 Å². The number of ether oxygens (including phenoxy) is 1. The molecule has 1 fully saturated rings. The van der Waals surface area contributed by atoms with E-state index in [1.54, 1.807) is 4.68 Å². The molecule has 0 aliphatic heterocycles. The van der Waals surface area contributed by atoms with Crippen molar-refractivity contribution in [3.63, 3.8) is 0 Å². The van der Waals surface area contributed by atoms with E-state index in [4.69, 9.17) is 4.74 Å².